The van der Waals surface area contributed by atoms with Crippen LogP contribution in [0.15, 0.2) is 54.6 Å². The maximum Gasteiger partial charge on any atom is 0.573 e. The normalized spacial score (nSPS) is 12.6. The second-order valence-electron chi connectivity index (χ2n) is 6.51. The largest absolute Gasteiger partial charge is 0.573 e. The Hall–Kier alpha value is -3.16. The number of rotatable bonds is 8. The van der Waals surface area contributed by atoms with Crippen LogP contribution in [0.25, 0.3) is 10.9 Å². The molecule has 29 heavy (non-hydrogen) atoms. The van der Waals surface area contributed by atoms with Crippen molar-refractivity contribution < 1.29 is 27.4 Å². The number of hydrogen-bond donors (Lipinski definition) is 1. The van der Waals surface area contributed by atoms with Gasteiger partial charge in [0.25, 0.3) is 0 Å². The van der Waals surface area contributed by atoms with Gasteiger partial charge in [-0.1, -0.05) is 18.2 Å². The average molecular weight is 406 g/mol. The van der Waals surface area contributed by atoms with Gasteiger partial charge in [0.05, 0.1) is 12.7 Å². The molecule has 0 amide bonds. The molecule has 5 nitrogen and oxygen atoms in total. The molecule has 3 rings (SSSR count). The number of benzene rings is 2. The monoisotopic (exact) mass is 406 g/mol. The quantitative estimate of drug-likeness (QED) is 0.512. The molecule has 2 N–H and O–H groups in total. The summed E-state index contributed by atoms with van der Waals surface area (Å²) in [5.41, 5.74) is 6.47. The second kappa shape index (κ2) is 8.89. The van der Waals surface area contributed by atoms with Crippen molar-refractivity contribution in [2.75, 3.05) is 12.3 Å². The van der Waals surface area contributed by atoms with Crippen molar-refractivity contribution in [3.63, 3.8) is 0 Å². The minimum atomic E-state index is -4.73. The Morgan fingerprint density at radius 3 is 2.59 bits per heavy atom. The van der Waals surface area contributed by atoms with E-state index in [0.717, 1.165) is 5.39 Å². The lowest BCUT2D eigenvalue weighted by atomic mass is 10.2. The SMILES string of the molecule is CC(CCCOc1cccc(OC(F)(F)F)c1)Oc1cccc2ccc(N)nc12. The number of alkyl halides is 3. The lowest BCUT2D eigenvalue weighted by Crippen LogP contribution is -2.17. The van der Waals surface area contributed by atoms with Gasteiger partial charge in [-0.15, -0.1) is 13.2 Å². The summed E-state index contributed by atoms with van der Waals surface area (Å²) in [4.78, 5) is 4.33. The molecule has 0 aliphatic heterocycles. The first-order chi connectivity index (χ1) is 13.8. The van der Waals surface area contributed by atoms with Gasteiger partial charge >= 0.3 is 6.36 Å². The van der Waals surface area contributed by atoms with Crippen molar-refractivity contribution in [2.45, 2.75) is 32.2 Å². The molecule has 1 heterocycles. The summed E-state index contributed by atoms with van der Waals surface area (Å²) < 4.78 is 52.2. The molecule has 1 atom stereocenters. The third-order valence-corrected chi connectivity index (χ3v) is 4.10. The summed E-state index contributed by atoms with van der Waals surface area (Å²) in [5, 5.41) is 0.938. The van der Waals surface area contributed by atoms with Crippen molar-refractivity contribution in [2.24, 2.45) is 0 Å². The molecular formula is C21H21F3N2O3. The number of nitrogens with zero attached hydrogens (tertiary/aromatic N) is 1. The van der Waals surface area contributed by atoms with Gasteiger partial charge in [-0.25, -0.2) is 4.98 Å². The van der Waals surface area contributed by atoms with Gasteiger partial charge in [0.1, 0.15) is 28.6 Å². The number of nitrogen functional groups attached to an aromatic ring is 1. The summed E-state index contributed by atoms with van der Waals surface area (Å²) >= 11 is 0. The third kappa shape index (κ3) is 6.17. The molecule has 3 aromatic rings. The molecule has 8 heteroatoms. The van der Waals surface area contributed by atoms with Gasteiger partial charge in [0.2, 0.25) is 0 Å². The van der Waals surface area contributed by atoms with Crippen LogP contribution in [-0.2, 0) is 0 Å². The second-order valence-corrected chi connectivity index (χ2v) is 6.51. The van der Waals surface area contributed by atoms with Gasteiger partial charge in [-0.3, -0.25) is 0 Å². The molecule has 154 valence electrons. The number of fused-ring (bicyclic) bond motifs is 1. The smallest absolute Gasteiger partial charge is 0.493 e. The minimum Gasteiger partial charge on any atom is -0.493 e. The predicted molar refractivity (Wildman–Crippen MR) is 104 cm³/mol. The van der Waals surface area contributed by atoms with Crippen molar-refractivity contribution >= 4 is 16.7 Å². The van der Waals surface area contributed by atoms with Crippen molar-refractivity contribution in [3.8, 4) is 17.2 Å². The highest BCUT2D eigenvalue weighted by Crippen LogP contribution is 2.27. The van der Waals surface area contributed by atoms with Crippen LogP contribution < -0.4 is 19.9 Å². The minimum absolute atomic E-state index is 0.104. The van der Waals surface area contributed by atoms with Crippen molar-refractivity contribution in [1.29, 1.82) is 0 Å². The Bertz CT molecular complexity index is 963. The van der Waals surface area contributed by atoms with Crippen molar-refractivity contribution in [1.82, 2.24) is 4.98 Å². The molecule has 0 radical (unpaired) electrons. The van der Waals surface area contributed by atoms with Crippen LogP contribution in [0.1, 0.15) is 19.8 Å². The fourth-order valence-corrected chi connectivity index (χ4v) is 2.83. The molecule has 1 aromatic heterocycles. The van der Waals surface area contributed by atoms with E-state index in [-0.39, 0.29) is 11.9 Å². The number of pyridine rings is 1. The summed E-state index contributed by atoms with van der Waals surface area (Å²) in [6, 6.07) is 14.7. The Kier molecular flexibility index (Phi) is 6.31. The molecule has 0 spiro atoms. The molecule has 0 saturated carbocycles. The highest BCUT2D eigenvalue weighted by atomic mass is 19.4. The maximum absolute atomic E-state index is 12.3. The van der Waals surface area contributed by atoms with Gasteiger partial charge in [0, 0.05) is 11.5 Å². The van der Waals surface area contributed by atoms with Crippen LogP contribution in [0.5, 0.6) is 17.2 Å². The first-order valence-electron chi connectivity index (χ1n) is 9.11. The summed E-state index contributed by atoms with van der Waals surface area (Å²) in [7, 11) is 0. The first-order valence-corrected chi connectivity index (χ1v) is 9.11. The van der Waals surface area contributed by atoms with E-state index in [1.165, 1.54) is 18.2 Å². The van der Waals surface area contributed by atoms with E-state index in [9.17, 15) is 13.2 Å². The summed E-state index contributed by atoms with van der Waals surface area (Å²) in [6.45, 7) is 2.27. The van der Waals surface area contributed by atoms with Crippen LogP contribution in [-0.4, -0.2) is 24.1 Å². The van der Waals surface area contributed by atoms with Gasteiger partial charge in [-0.05, 0) is 50.1 Å². The number of hydrogen-bond acceptors (Lipinski definition) is 5. The highest BCUT2D eigenvalue weighted by Gasteiger charge is 2.31. The topological polar surface area (TPSA) is 66.6 Å². The number of aromatic nitrogens is 1. The Balaban J connectivity index is 1.49. The zero-order chi connectivity index (χ0) is 20.9. The standard InChI is InChI=1S/C21H21F3N2O3/c1-14(28-18-9-2-6-15-10-11-19(25)26-20(15)18)5-4-12-27-16-7-3-8-17(13-16)29-21(22,23)24/h2-3,6-11,13-14H,4-5,12H2,1H3,(H2,25,26). The fourth-order valence-electron chi connectivity index (χ4n) is 2.83. The molecule has 0 saturated heterocycles. The van der Waals surface area contributed by atoms with Crippen LogP contribution in [0, 0.1) is 0 Å². The van der Waals surface area contributed by atoms with E-state index in [1.54, 1.807) is 12.1 Å². The molecule has 0 fully saturated rings. The highest BCUT2D eigenvalue weighted by molar-refractivity contribution is 5.85. The Morgan fingerprint density at radius 2 is 1.79 bits per heavy atom. The van der Waals surface area contributed by atoms with E-state index in [4.69, 9.17) is 15.2 Å². The van der Waals surface area contributed by atoms with E-state index in [0.29, 0.717) is 42.3 Å². The van der Waals surface area contributed by atoms with Crippen LogP contribution in [0.2, 0.25) is 0 Å². The zero-order valence-electron chi connectivity index (χ0n) is 15.8. The molecule has 2 aromatic carbocycles. The van der Waals surface area contributed by atoms with Crippen LogP contribution in [0.4, 0.5) is 19.0 Å². The first kappa shape index (κ1) is 20.6. The molecule has 1 unspecified atom stereocenters. The molecular weight excluding hydrogens is 385 g/mol. The summed E-state index contributed by atoms with van der Waals surface area (Å²) in [5.74, 6) is 1.08. The van der Waals surface area contributed by atoms with E-state index in [1.807, 2.05) is 31.2 Å². The fraction of sp³-hybridized carbons (Fsp3) is 0.286. The van der Waals surface area contributed by atoms with E-state index in [2.05, 4.69) is 9.72 Å². The van der Waals surface area contributed by atoms with Gasteiger partial charge in [0.15, 0.2) is 0 Å². The predicted octanol–water partition coefficient (Wildman–Crippen LogP) is 5.34. The van der Waals surface area contributed by atoms with E-state index < -0.39 is 6.36 Å². The van der Waals surface area contributed by atoms with Gasteiger partial charge < -0.3 is 19.9 Å². The number of halogens is 3. The zero-order valence-corrected chi connectivity index (χ0v) is 15.8. The maximum atomic E-state index is 12.3. The number of nitrogens with two attached hydrogens (primary N) is 1. The number of anilines is 1. The van der Waals surface area contributed by atoms with Gasteiger partial charge in [-0.2, -0.15) is 0 Å². The summed E-state index contributed by atoms with van der Waals surface area (Å²) in [6.07, 6.45) is -3.48. The van der Waals surface area contributed by atoms with E-state index >= 15 is 0 Å². The molecule has 0 aliphatic carbocycles. The number of para-hydroxylation sites is 1. The third-order valence-electron chi connectivity index (χ3n) is 4.10. The van der Waals surface area contributed by atoms with Crippen molar-refractivity contribution in [3.05, 3.63) is 54.6 Å². The lowest BCUT2D eigenvalue weighted by Gasteiger charge is -2.16. The Labute approximate surface area is 166 Å². The molecule has 0 aliphatic rings. The van der Waals surface area contributed by atoms with Crippen LogP contribution >= 0.6 is 0 Å². The molecule has 0 bridgehead atoms. The Morgan fingerprint density at radius 1 is 1.03 bits per heavy atom. The number of ether oxygens (including phenoxy) is 3. The lowest BCUT2D eigenvalue weighted by molar-refractivity contribution is -0.274. The average Bonchev–Trinajstić information content (AvgIpc) is 2.65. The van der Waals surface area contributed by atoms with Crippen LogP contribution in [0.3, 0.4) is 0 Å².